The lowest BCUT2D eigenvalue weighted by molar-refractivity contribution is -0.112. The van der Waals surface area contributed by atoms with E-state index in [9.17, 15) is 10.1 Å². The second kappa shape index (κ2) is 10.2. The average molecular weight is 378 g/mol. The van der Waals surface area contributed by atoms with Gasteiger partial charge in [0.15, 0.2) is 11.5 Å². The molecule has 2 aromatic carbocycles. The smallest absolute Gasteiger partial charge is 0.266 e. The molecular formula is C23H26N2O3. The largest absolute Gasteiger partial charge is 0.493 e. The predicted octanol–water partition coefficient (Wildman–Crippen LogP) is 5.04. The lowest BCUT2D eigenvalue weighted by Gasteiger charge is -2.11. The third kappa shape index (κ3) is 5.62. The summed E-state index contributed by atoms with van der Waals surface area (Å²) < 4.78 is 11.1. The number of hydrogen-bond donors (Lipinski definition) is 1. The van der Waals surface area contributed by atoms with Crippen molar-refractivity contribution < 1.29 is 14.3 Å². The Hall–Kier alpha value is -3.26. The van der Waals surface area contributed by atoms with Crippen LogP contribution in [-0.2, 0) is 4.79 Å². The number of carbonyl (C=O) groups is 1. The second-order valence-electron chi connectivity index (χ2n) is 6.55. The van der Waals surface area contributed by atoms with Crippen LogP contribution >= 0.6 is 0 Å². The number of methoxy groups -OCH3 is 1. The zero-order valence-electron chi connectivity index (χ0n) is 16.8. The number of benzene rings is 2. The number of unbranched alkanes of at least 4 members (excludes halogenated alkanes) is 1. The number of nitrogens with zero attached hydrogens (tertiary/aromatic N) is 1. The summed E-state index contributed by atoms with van der Waals surface area (Å²) in [6, 6.07) is 13.0. The topological polar surface area (TPSA) is 71.3 Å². The number of ether oxygens (including phenoxy) is 2. The van der Waals surface area contributed by atoms with Gasteiger partial charge in [0.2, 0.25) is 0 Å². The van der Waals surface area contributed by atoms with Crippen molar-refractivity contribution >= 4 is 17.7 Å². The van der Waals surface area contributed by atoms with Gasteiger partial charge in [0.1, 0.15) is 11.6 Å². The number of rotatable bonds is 8. The Morgan fingerprint density at radius 3 is 2.61 bits per heavy atom. The molecule has 0 radical (unpaired) electrons. The van der Waals surface area contributed by atoms with E-state index in [2.05, 4.69) is 12.2 Å². The van der Waals surface area contributed by atoms with Gasteiger partial charge in [-0.1, -0.05) is 37.1 Å². The van der Waals surface area contributed by atoms with Gasteiger partial charge in [0.05, 0.1) is 13.7 Å². The summed E-state index contributed by atoms with van der Waals surface area (Å²) in [7, 11) is 1.56. The third-order valence-corrected chi connectivity index (χ3v) is 4.25. The Morgan fingerprint density at radius 1 is 1.18 bits per heavy atom. The summed E-state index contributed by atoms with van der Waals surface area (Å²) in [5, 5.41) is 12.2. The first-order valence-corrected chi connectivity index (χ1v) is 9.29. The maximum atomic E-state index is 12.5. The molecule has 0 saturated carbocycles. The highest BCUT2D eigenvalue weighted by Crippen LogP contribution is 2.29. The highest BCUT2D eigenvalue weighted by Gasteiger charge is 2.12. The number of carbonyl (C=O) groups excluding carboxylic acids is 1. The van der Waals surface area contributed by atoms with Crippen molar-refractivity contribution in [3.63, 3.8) is 0 Å². The molecule has 1 N–H and O–H groups in total. The first kappa shape index (κ1) is 21.0. The highest BCUT2D eigenvalue weighted by atomic mass is 16.5. The van der Waals surface area contributed by atoms with E-state index < -0.39 is 5.91 Å². The maximum Gasteiger partial charge on any atom is 0.266 e. The van der Waals surface area contributed by atoms with Crippen LogP contribution in [0.1, 0.15) is 36.5 Å². The van der Waals surface area contributed by atoms with Gasteiger partial charge in [-0.25, -0.2) is 0 Å². The summed E-state index contributed by atoms with van der Waals surface area (Å²) in [5.74, 6) is 0.764. The molecule has 0 spiro atoms. The minimum Gasteiger partial charge on any atom is -0.493 e. The molecule has 0 heterocycles. The molecule has 0 unspecified atom stereocenters. The van der Waals surface area contributed by atoms with Gasteiger partial charge in [-0.3, -0.25) is 4.79 Å². The van der Waals surface area contributed by atoms with E-state index in [-0.39, 0.29) is 5.57 Å². The van der Waals surface area contributed by atoms with Crippen LogP contribution in [0.4, 0.5) is 5.69 Å². The molecule has 28 heavy (non-hydrogen) atoms. The molecule has 5 nitrogen and oxygen atoms in total. The fourth-order valence-corrected chi connectivity index (χ4v) is 2.68. The number of hydrogen-bond acceptors (Lipinski definition) is 4. The maximum absolute atomic E-state index is 12.5. The van der Waals surface area contributed by atoms with Crippen LogP contribution in [0.3, 0.4) is 0 Å². The van der Waals surface area contributed by atoms with Crippen LogP contribution in [0.25, 0.3) is 6.08 Å². The number of nitriles is 1. The van der Waals surface area contributed by atoms with Crippen molar-refractivity contribution in [1.82, 2.24) is 0 Å². The fourth-order valence-electron chi connectivity index (χ4n) is 2.68. The highest BCUT2D eigenvalue weighted by molar-refractivity contribution is 6.10. The Bertz CT molecular complexity index is 911. The van der Waals surface area contributed by atoms with E-state index in [4.69, 9.17) is 9.47 Å². The van der Waals surface area contributed by atoms with Crippen molar-refractivity contribution in [3.8, 4) is 17.6 Å². The molecule has 0 aliphatic heterocycles. The molecule has 0 aliphatic rings. The van der Waals surface area contributed by atoms with Gasteiger partial charge < -0.3 is 14.8 Å². The van der Waals surface area contributed by atoms with Gasteiger partial charge in [-0.05, 0) is 55.7 Å². The van der Waals surface area contributed by atoms with Crippen LogP contribution in [0, 0.1) is 25.2 Å². The predicted molar refractivity (Wildman–Crippen MR) is 112 cm³/mol. The quantitative estimate of drug-likeness (QED) is 0.397. The molecule has 146 valence electrons. The molecular weight excluding hydrogens is 352 g/mol. The van der Waals surface area contributed by atoms with Gasteiger partial charge in [0.25, 0.3) is 5.91 Å². The van der Waals surface area contributed by atoms with Crippen LogP contribution in [0.5, 0.6) is 11.5 Å². The van der Waals surface area contributed by atoms with Gasteiger partial charge in [-0.15, -0.1) is 0 Å². The fraction of sp³-hybridized carbons (Fsp3) is 0.304. The van der Waals surface area contributed by atoms with Crippen molar-refractivity contribution in [2.75, 3.05) is 19.0 Å². The Labute approximate surface area is 166 Å². The zero-order valence-corrected chi connectivity index (χ0v) is 16.8. The monoisotopic (exact) mass is 378 g/mol. The molecule has 0 saturated heterocycles. The van der Waals surface area contributed by atoms with E-state index in [1.807, 2.05) is 38.1 Å². The number of nitrogens with one attached hydrogen (secondary N) is 1. The number of anilines is 1. The first-order valence-electron chi connectivity index (χ1n) is 9.29. The van der Waals surface area contributed by atoms with E-state index in [1.54, 1.807) is 25.3 Å². The Morgan fingerprint density at radius 2 is 1.96 bits per heavy atom. The van der Waals surface area contributed by atoms with Crippen molar-refractivity contribution in [3.05, 3.63) is 58.7 Å². The number of aryl methyl sites for hydroxylation is 2. The molecule has 0 fully saturated rings. The van der Waals surface area contributed by atoms with E-state index in [0.717, 1.165) is 24.0 Å². The Balaban J connectivity index is 2.20. The zero-order chi connectivity index (χ0) is 20.5. The van der Waals surface area contributed by atoms with E-state index >= 15 is 0 Å². The van der Waals surface area contributed by atoms with E-state index in [0.29, 0.717) is 29.4 Å². The van der Waals surface area contributed by atoms with Crippen LogP contribution in [0.2, 0.25) is 0 Å². The molecule has 2 rings (SSSR count). The lowest BCUT2D eigenvalue weighted by atomic mass is 10.1. The minimum absolute atomic E-state index is 0.0154. The average Bonchev–Trinajstić information content (AvgIpc) is 2.69. The third-order valence-electron chi connectivity index (χ3n) is 4.25. The molecule has 2 aromatic rings. The van der Waals surface area contributed by atoms with Crippen molar-refractivity contribution in [1.29, 1.82) is 5.26 Å². The molecule has 0 aromatic heterocycles. The summed E-state index contributed by atoms with van der Waals surface area (Å²) in [6.07, 6.45) is 3.55. The molecule has 0 aliphatic carbocycles. The van der Waals surface area contributed by atoms with Crippen LogP contribution in [-0.4, -0.2) is 19.6 Å². The van der Waals surface area contributed by atoms with E-state index in [1.165, 1.54) is 6.08 Å². The van der Waals surface area contributed by atoms with Crippen LogP contribution in [0.15, 0.2) is 42.0 Å². The standard InChI is InChI=1S/C23H26N2O3/c1-5-6-11-28-21-10-8-18(14-22(21)27-4)13-19(15-24)23(26)25-20-9-7-16(2)12-17(20)3/h7-10,12-14H,5-6,11H2,1-4H3,(H,25,26)/b19-13+. The van der Waals surface area contributed by atoms with Crippen molar-refractivity contribution in [2.24, 2.45) is 0 Å². The van der Waals surface area contributed by atoms with Gasteiger partial charge in [-0.2, -0.15) is 5.26 Å². The minimum atomic E-state index is -0.448. The first-order chi connectivity index (χ1) is 13.5. The normalized spacial score (nSPS) is 10.9. The summed E-state index contributed by atoms with van der Waals surface area (Å²) in [5.41, 5.74) is 3.45. The molecule has 1 amide bonds. The summed E-state index contributed by atoms with van der Waals surface area (Å²) in [4.78, 5) is 12.5. The van der Waals surface area contributed by atoms with Gasteiger partial charge >= 0.3 is 0 Å². The summed E-state index contributed by atoms with van der Waals surface area (Å²) in [6.45, 7) is 6.62. The number of amides is 1. The molecule has 5 heteroatoms. The molecule has 0 atom stereocenters. The van der Waals surface area contributed by atoms with Gasteiger partial charge in [0, 0.05) is 5.69 Å². The summed E-state index contributed by atoms with van der Waals surface area (Å²) >= 11 is 0. The lowest BCUT2D eigenvalue weighted by Crippen LogP contribution is -2.14. The second-order valence-corrected chi connectivity index (χ2v) is 6.55. The molecule has 0 bridgehead atoms. The van der Waals surface area contributed by atoms with Crippen molar-refractivity contribution in [2.45, 2.75) is 33.6 Å². The Kier molecular flexibility index (Phi) is 7.65. The van der Waals surface area contributed by atoms with Crippen LogP contribution < -0.4 is 14.8 Å². The SMILES string of the molecule is CCCCOc1ccc(/C=C(\C#N)C(=O)Nc2ccc(C)cc2C)cc1OC.